The summed E-state index contributed by atoms with van der Waals surface area (Å²) in [6.07, 6.45) is 3.92. The predicted octanol–water partition coefficient (Wildman–Crippen LogP) is 3.58. The Morgan fingerprint density at radius 3 is 2.39 bits per heavy atom. The van der Waals surface area contributed by atoms with E-state index in [4.69, 9.17) is 11.6 Å². The van der Waals surface area contributed by atoms with Gasteiger partial charge < -0.3 is 19.7 Å². The number of anilines is 2. The summed E-state index contributed by atoms with van der Waals surface area (Å²) in [5, 5.41) is 3.41. The number of para-hydroxylation sites is 1. The third-order valence-electron chi connectivity index (χ3n) is 4.69. The lowest BCUT2D eigenvalue weighted by molar-refractivity contribution is 0.208. The number of urea groups is 1. The third-order valence-corrected chi connectivity index (χ3v) is 5.02. The van der Waals surface area contributed by atoms with Crippen LogP contribution in [0.2, 0.25) is 5.02 Å². The minimum atomic E-state index is -0.139. The molecule has 0 aliphatic carbocycles. The number of hydrogen-bond donors (Lipinski definition) is 1. The number of aromatic nitrogens is 3. The lowest BCUT2D eigenvalue weighted by Gasteiger charge is -2.35. The Morgan fingerprint density at radius 1 is 1.00 bits per heavy atom. The molecule has 3 aromatic rings. The van der Waals surface area contributed by atoms with Crippen LogP contribution in [0, 0.1) is 6.92 Å². The van der Waals surface area contributed by atoms with Gasteiger partial charge in [0.05, 0.1) is 10.7 Å². The topological polar surface area (TPSA) is 66.3 Å². The van der Waals surface area contributed by atoms with Crippen LogP contribution in [0.1, 0.15) is 5.82 Å². The van der Waals surface area contributed by atoms with Gasteiger partial charge in [0, 0.05) is 44.6 Å². The number of rotatable bonds is 3. The average molecular weight is 397 g/mol. The molecule has 2 aromatic heterocycles. The van der Waals surface area contributed by atoms with E-state index in [0.717, 1.165) is 17.5 Å². The highest BCUT2D eigenvalue weighted by molar-refractivity contribution is 6.33. The number of halogens is 1. The molecule has 28 heavy (non-hydrogen) atoms. The van der Waals surface area contributed by atoms with Gasteiger partial charge in [-0.2, -0.15) is 0 Å². The molecule has 8 heteroatoms. The maximum absolute atomic E-state index is 12.5. The fourth-order valence-electron chi connectivity index (χ4n) is 3.21. The summed E-state index contributed by atoms with van der Waals surface area (Å²) in [7, 11) is 0. The van der Waals surface area contributed by atoms with Crippen molar-refractivity contribution in [2.75, 3.05) is 36.4 Å². The molecule has 1 N–H and O–H groups in total. The summed E-state index contributed by atoms with van der Waals surface area (Å²) in [6.45, 7) is 4.52. The van der Waals surface area contributed by atoms with Crippen LogP contribution in [0.5, 0.6) is 0 Å². The SMILES string of the molecule is Cc1nc(N2CCN(C(=O)Nc3ccccc3Cl)CC2)cc(-n2cccc2)n1. The molecule has 1 aliphatic rings. The molecule has 1 aliphatic heterocycles. The molecule has 1 fully saturated rings. The molecule has 2 amide bonds. The first-order chi connectivity index (χ1) is 13.6. The molecule has 3 heterocycles. The van der Waals surface area contributed by atoms with Crippen molar-refractivity contribution in [3.05, 3.63) is 65.7 Å². The fourth-order valence-corrected chi connectivity index (χ4v) is 3.40. The molecule has 0 spiro atoms. The van der Waals surface area contributed by atoms with Gasteiger partial charge in [-0.15, -0.1) is 0 Å². The second-order valence-corrected chi connectivity index (χ2v) is 7.01. The Bertz CT molecular complexity index is 967. The van der Waals surface area contributed by atoms with Gasteiger partial charge in [-0.3, -0.25) is 0 Å². The van der Waals surface area contributed by atoms with Crippen LogP contribution >= 0.6 is 11.6 Å². The summed E-state index contributed by atoms with van der Waals surface area (Å²) in [4.78, 5) is 25.6. The molecule has 1 aromatic carbocycles. The van der Waals surface area contributed by atoms with Crippen molar-refractivity contribution < 1.29 is 4.79 Å². The van der Waals surface area contributed by atoms with Crippen LogP contribution in [-0.2, 0) is 0 Å². The van der Waals surface area contributed by atoms with Gasteiger partial charge in [0.1, 0.15) is 17.5 Å². The molecular weight excluding hydrogens is 376 g/mol. The van der Waals surface area contributed by atoms with Gasteiger partial charge in [0.25, 0.3) is 0 Å². The van der Waals surface area contributed by atoms with E-state index in [-0.39, 0.29) is 6.03 Å². The highest BCUT2D eigenvalue weighted by atomic mass is 35.5. The van der Waals surface area contributed by atoms with Crippen LogP contribution in [0.15, 0.2) is 54.9 Å². The second kappa shape index (κ2) is 7.90. The van der Waals surface area contributed by atoms with Gasteiger partial charge in [-0.05, 0) is 31.2 Å². The number of amides is 2. The van der Waals surface area contributed by atoms with Crippen LogP contribution < -0.4 is 10.2 Å². The Balaban J connectivity index is 1.42. The van der Waals surface area contributed by atoms with Gasteiger partial charge >= 0.3 is 6.03 Å². The molecule has 4 rings (SSSR count). The van der Waals surface area contributed by atoms with Crippen molar-refractivity contribution in [3.8, 4) is 5.82 Å². The monoisotopic (exact) mass is 396 g/mol. The summed E-state index contributed by atoms with van der Waals surface area (Å²) in [6, 6.07) is 13.0. The first kappa shape index (κ1) is 18.3. The predicted molar refractivity (Wildman–Crippen MR) is 110 cm³/mol. The largest absolute Gasteiger partial charge is 0.353 e. The van der Waals surface area contributed by atoms with E-state index < -0.39 is 0 Å². The molecule has 144 valence electrons. The maximum atomic E-state index is 12.5. The van der Waals surface area contributed by atoms with Crippen LogP contribution in [0.3, 0.4) is 0 Å². The first-order valence-electron chi connectivity index (χ1n) is 9.14. The molecule has 0 unspecified atom stereocenters. The lowest BCUT2D eigenvalue weighted by atomic mass is 10.3. The van der Waals surface area contributed by atoms with E-state index in [0.29, 0.717) is 36.9 Å². The fraction of sp³-hybridized carbons (Fsp3) is 0.250. The van der Waals surface area contributed by atoms with E-state index in [9.17, 15) is 4.79 Å². The van der Waals surface area contributed by atoms with Crippen molar-refractivity contribution in [3.63, 3.8) is 0 Å². The van der Waals surface area contributed by atoms with Gasteiger partial charge in [0.2, 0.25) is 0 Å². The number of nitrogens with one attached hydrogen (secondary N) is 1. The number of hydrogen-bond acceptors (Lipinski definition) is 4. The highest BCUT2D eigenvalue weighted by Crippen LogP contribution is 2.22. The quantitative estimate of drug-likeness (QED) is 0.734. The second-order valence-electron chi connectivity index (χ2n) is 6.61. The van der Waals surface area contributed by atoms with E-state index >= 15 is 0 Å². The number of benzene rings is 1. The third kappa shape index (κ3) is 3.94. The Labute approximate surface area is 168 Å². The summed E-state index contributed by atoms with van der Waals surface area (Å²) in [5.74, 6) is 2.44. The van der Waals surface area contributed by atoms with E-state index in [1.165, 1.54) is 0 Å². The Morgan fingerprint density at radius 2 is 1.68 bits per heavy atom. The van der Waals surface area contributed by atoms with Crippen molar-refractivity contribution in [1.82, 2.24) is 19.4 Å². The molecule has 0 radical (unpaired) electrons. The van der Waals surface area contributed by atoms with E-state index in [2.05, 4.69) is 20.2 Å². The minimum absolute atomic E-state index is 0.139. The zero-order valence-electron chi connectivity index (χ0n) is 15.5. The van der Waals surface area contributed by atoms with Gasteiger partial charge in [-0.1, -0.05) is 23.7 Å². The normalized spacial score (nSPS) is 14.2. The summed E-state index contributed by atoms with van der Waals surface area (Å²) < 4.78 is 1.96. The Kier molecular flexibility index (Phi) is 5.16. The average Bonchev–Trinajstić information content (AvgIpc) is 3.24. The van der Waals surface area contributed by atoms with Gasteiger partial charge in [-0.25, -0.2) is 14.8 Å². The van der Waals surface area contributed by atoms with Crippen LogP contribution in [0.25, 0.3) is 5.82 Å². The molecular formula is C20H21ClN6O. The minimum Gasteiger partial charge on any atom is -0.353 e. The number of aryl methyl sites for hydroxylation is 1. The number of carbonyl (C=O) groups excluding carboxylic acids is 1. The van der Waals surface area contributed by atoms with Crippen molar-refractivity contribution >= 4 is 29.1 Å². The molecule has 1 saturated heterocycles. The molecule has 0 atom stereocenters. The van der Waals surface area contributed by atoms with E-state index in [1.54, 1.807) is 17.0 Å². The van der Waals surface area contributed by atoms with Crippen LogP contribution in [-0.4, -0.2) is 51.6 Å². The summed E-state index contributed by atoms with van der Waals surface area (Å²) >= 11 is 6.12. The summed E-state index contributed by atoms with van der Waals surface area (Å²) in [5.41, 5.74) is 0.624. The number of nitrogens with zero attached hydrogens (tertiary/aromatic N) is 5. The molecule has 0 bridgehead atoms. The van der Waals surface area contributed by atoms with Gasteiger partial charge in [0.15, 0.2) is 0 Å². The maximum Gasteiger partial charge on any atom is 0.322 e. The lowest BCUT2D eigenvalue weighted by Crippen LogP contribution is -2.50. The van der Waals surface area contributed by atoms with E-state index in [1.807, 2.05) is 54.2 Å². The smallest absolute Gasteiger partial charge is 0.322 e. The first-order valence-corrected chi connectivity index (χ1v) is 9.52. The van der Waals surface area contributed by atoms with Crippen molar-refractivity contribution in [2.45, 2.75) is 6.92 Å². The zero-order valence-corrected chi connectivity index (χ0v) is 16.3. The zero-order chi connectivity index (χ0) is 19.5. The number of piperazine rings is 1. The number of carbonyl (C=O) groups is 1. The Hall–Kier alpha value is -3.06. The van der Waals surface area contributed by atoms with Crippen molar-refractivity contribution in [2.24, 2.45) is 0 Å². The van der Waals surface area contributed by atoms with Crippen LogP contribution in [0.4, 0.5) is 16.3 Å². The highest BCUT2D eigenvalue weighted by Gasteiger charge is 2.23. The van der Waals surface area contributed by atoms with Crippen molar-refractivity contribution in [1.29, 1.82) is 0 Å². The standard InChI is InChI=1S/C20H21ClN6O/c1-15-22-18(25-8-4-5-9-25)14-19(23-15)26-10-12-27(13-11-26)20(28)24-17-7-3-2-6-16(17)21/h2-9,14H,10-13H2,1H3,(H,24,28). The molecule has 0 saturated carbocycles. The molecule has 7 nitrogen and oxygen atoms in total.